The Morgan fingerprint density at radius 2 is 2.00 bits per heavy atom. The van der Waals surface area contributed by atoms with E-state index in [-0.39, 0.29) is 17.9 Å². The molecular formula is C12H15N5O3. The van der Waals surface area contributed by atoms with Crippen LogP contribution >= 0.6 is 0 Å². The zero-order chi connectivity index (χ0) is 14.7. The van der Waals surface area contributed by atoms with Gasteiger partial charge >= 0.3 is 5.69 Å². The van der Waals surface area contributed by atoms with Crippen LogP contribution < -0.4 is 5.69 Å². The molecule has 0 aliphatic heterocycles. The Balaban J connectivity index is 2.24. The molecule has 2 aromatic rings. The van der Waals surface area contributed by atoms with Gasteiger partial charge in [0.25, 0.3) is 5.69 Å². The van der Waals surface area contributed by atoms with Gasteiger partial charge in [0.05, 0.1) is 11.5 Å². The highest BCUT2D eigenvalue weighted by Crippen LogP contribution is 2.18. The number of aromatic nitrogens is 4. The zero-order valence-corrected chi connectivity index (χ0v) is 11.3. The molecule has 0 atom stereocenters. The van der Waals surface area contributed by atoms with E-state index < -0.39 is 4.92 Å². The van der Waals surface area contributed by atoms with Crippen molar-refractivity contribution in [2.24, 2.45) is 0 Å². The summed E-state index contributed by atoms with van der Waals surface area (Å²) in [5.74, 6) is 0. The van der Waals surface area contributed by atoms with Gasteiger partial charge in [0.1, 0.15) is 0 Å². The lowest BCUT2D eigenvalue weighted by atomic mass is 10.1. The summed E-state index contributed by atoms with van der Waals surface area (Å²) in [4.78, 5) is 22.2. The third-order valence-corrected chi connectivity index (χ3v) is 2.92. The minimum absolute atomic E-state index is 0.0655. The van der Waals surface area contributed by atoms with E-state index in [1.54, 1.807) is 19.1 Å². The van der Waals surface area contributed by atoms with Crippen LogP contribution in [0.1, 0.15) is 24.5 Å². The highest BCUT2D eigenvalue weighted by molar-refractivity contribution is 5.41. The van der Waals surface area contributed by atoms with Crippen LogP contribution in [-0.2, 0) is 13.1 Å². The maximum Gasteiger partial charge on any atom is 0.363 e. The van der Waals surface area contributed by atoms with Crippen molar-refractivity contribution in [2.75, 3.05) is 0 Å². The van der Waals surface area contributed by atoms with Gasteiger partial charge in [0.2, 0.25) is 0 Å². The van der Waals surface area contributed by atoms with E-state index in [2.05, 4.69) is 10.4 Å². The number of aryl methyl sites for hydroxylation is 2. The van der Waals surface area contributed by atoms with Crippen LogP contribution in [0.4, 0.5) is 5.69 Å². The van der Waals surface area contributed by atoms with E-state index in [4.69, 9.17) is 0 Å². The Hall–Kier alpha value is -2.51. The Labute approximate surface area is 114 Å². The van der Waals surface area contributed by atoms with Gasteiger partial charge in [-0.05, 0) is 35.4 Å². The maximum absolute atomic E-state index is 11.9. The quantitative estimate of drug-likeness (QED) is 0.602. The third-order valence-electron chi connectivity index (χ3n) is 2.92. The molecule has 1 aromatic carbocycles. The number of rotatable bonds is 5. The van der Waals surface area contributed by atoms with Crippen molar-refractivity contribution in [1.82, 2.24) is 19.8 Å². The molecular weight excluding hydrogens is 262 g/mol. The molecule has 2 rings (SSSR count). The van der Waals surface area contributed by atoms with Gasteiger partial charge in [0, 0.05) is 18.2 Å². The fourth-order valence-corrected chi connectivity index (χ4v) is 1.95. The fourth-order valence-electron chi connectivity index (χ4n) is 1.95. The summed E-state index contributed by atoms with van der Waals surface area (Å²) in [6.45, 7) is 4.39. The summed E-state index contributed by atoms with van der Waals surface area (Å²) in [5.41, 5.74) is 1.12. The predicted molar refractivity (Wildman–Crippen MR) is 71.5 cm³/mol. The number of nitro benzene ring substituents is 1. The van der Waals surface area contributed by atoms with Crippen molar-refractivity contribution in [3.05, 3.63) is 49.9 Å². The number of tetrazole rings is 1. The Morgan fingerprint density at radius 3 is 2.60 bits per heavy atom. The molecule has 0 saturated heterocycles. The molecule has 1 aromatic heterocycles. The highest BCUT2D eigenvalue weighted by Gasteiger charge is 2.12. The normalized spacial score (nSPS) is 10.7. The number of nitro groups is 1. The summed E-state index contributed by atoms with van der Waals surface area (Å²) in [5, 5.41) is 18.3. The molecule has 8 nitrogen and oxygen atoms in total. The van der Waals surface area contributed by atoms with E-state index in [0.29, 0.717) is 12.1 Å². The lowest BCUT2D eigenvalue weighted by molar-refractivity contribution is -0.385. The first-order valence-electron chi connectivity index (χ1n) is 6.27. The van der Waals surface area contributed by atoms with E-state index >= 15 is 0 Å². The number of hydrogen-bond acceptors (Lipinski definition) is 5. The smallest absolute Gasteiger partial charge is 0.258 e. The topological polar surface area (TPSA) is 95.8 Å². The highest BCUT2D eigenvalue weighted by atomic mass is 16.6. The fraction of sp³-hybridized carbons (Fsp3) is 0.417. The summed E-state index contributed by atoms with van der Waals surface area (Å²) in [6.07, 6.45) is 0.801. The first-order chi connectivity index (χ1) is 9.52. The lowest BCUT2D eigenvalue weighted by Crippen LogP contribution is -2.25. The average molecular weight is 277 g/mol. The molecule has 0 bridgehead atoms. The predicted octanol–water partition coefficient (Wildman–Crippen LogP) is 1.11. The molecule has 1 heterocycles. The van der Waals surface area contributed by atoms with Gasteiger partial charge in [-0.15, -0.1) is 0 Å². The number of hydrogen-bond donors (Lipinski definition) is 0. The largest absolute Gasteiger partial charge is 0.363 e. The second kappa shape index (κ2) is 5.64. The first kappa shape index (κ1) is 13.9. The number of benzene rings is 1. The van der Waals surface area contributed by atoms with Gasteiger partial charge in [-0.2, -0.15) is 9.36 Å². The minimum Gasteiger partial charge on any atom is -0.258 e. The van der Waals surface area contributed by atoms with Gasteiger partial charge < -0.3 is 0 Å². The van der Waals surface area contributed by atoms with Crippen LogP contribution in [0.25, 0.3) is 0 Å². The van der Waals surface area contributed by atoms with Gasteiger partial charge in [-0.25, -0.2) is 4.79 Å². The van der Waals surface area contributed by atoms with E-state index in [0.717, 1.165) is 12.0 Å². The maximum atomic E-state index is 11.9. The van der Waals surface area contributed by atoms with Gasteiger partial charge in [0.15, 0.2) is 0 Å². The van der Waals surface area contributed by atoms with Crippen LogP contribution in [0, 0.1) is 17.0 Å². The first-order valence-corrected chi connectivity index (χ1v) is 6.27. The zero-order valence-electron chi connectivity index (χ0n) is 11.3. The Kier molecular flexibility index (Phi) is 3.92. The Morgan fingerprint density at radius 1 is 1.30 bits per heavy atom. The summed E-state index contributed by atoms with van der Waals surface area (Å²) < 4.78 is 2.55. The second-order valence-corrected chi connectivity index (χ2v) is 4.52. The molecule has 0 amide bonds. The molecule has 106 valence electrons. The molecule has 20 heavy (non-hydrogen) atoms. The van der Waals surface area contributed by atoms with Gasteiger partial charge in [-0.1, -0.05) is 13.0 Å². The van der Waals surface area contributed by atoms with Crippen molar-refractivity contribution in [3.8, 4) is 0 Å². The molecule has 0 aliphatic rings. The molecule has 0 N–H and O–H groups in total. The minimum atomic E-state index is -0.428. The standard InChI is InChI=1S/C12H15N5O3/c1-3-6-15-12(18)16(14-13-15)8-10-4-5-11(17(19)20)9(2)7-10/h4-5,7H,3,6,8H2,1-2H3. The average Bonchev–Trinajstić information content (AvgIpc) is 2.72. The van der Waals surface area contributed by atoms with Crippen LogP contribution in [0.3, 0.4) is 0 Å². The van der Waals surface area contributed by atoms with E-state index in [1.807, 2.05) is 6.92 Å². The number of nitrogens with zero attached hydrogens (tertiary/aromatic N) is 5. The summed E-state index contributed by atoms with van der Waals surface area (Å²) in [6, 6.07) is 4.74. The summed E-state index contributed by atoms with van der Waals surface area (Å²) >= 11 is 0. The van der Waals surface area contributed by atoms with Crippen molar-refractivity contribution >= 4 is 5.69 Å². The van der Waals surface area contributed by atoms with Crippen LogP contribution in [0.2, 0.25) is 0 Å². The van der Waals surface area contributed by atoms with Crippen LogP contribution in [0.5, 0.6) is 0 Å². The van der Waals surface area contributed by atoms with Crippen molar-refractivity contribution in [3.63, 3.8) is 0 Å². The van der Waals surface area contributed by atoms with Crippen molar-refractivity contribution in [1.29, 1.82) is 0 Å². The molecule has 0 radical (unpaired) electrons. The van der Waals surface area contributed by atoms with Crippen LogP contribution in [0.15, 0.2) is 23.0 Å². The molecule has 0 fully saturated rings. The van der Waals surface area contributed by atoms with Crippen molar-refractivity contribution in [2.45, 2.75) is 33.4 Å². The second-order valence-electron chi connectivity index (χ2n) is 4.52. The van der Waals surface area contributed by atoms with Gasteiger partial charge in [-0.3, -0.25) is 10.1 Å². The molecule has 0 unspecified atom stereocenters. The van der Waals surface area contributed by atoms with E-state index in [9.17, 15) is 14.9 Å². The molecule has 0 spiro atoms. The molecule has 0 aliphatic carbocycles. The molecule has 8 heteroatoms. The third kappa shape index (κ3) is 2.73. The lowest BCUT2D eigenvalue weighted by Gasteiger charge is -2.02. The van der Waals surface area contributed by atoms with E-state index in [1.165, 1.54) is 15.4 Å². The Bertz CT molecular complexity index is 689. The van der Waals surface area contributed by atoms with Crippen LogP contribution in [-0.4, -0.2) is 24.7 Å². The monoisotopic (exact) mass is 277 g/mol. The SMILES string of the molecule is CCCn1nnn(Cc2ccc([N+](=O)[O-])c(C)c2)c1=O. The summed E-state index contributed by atoms with van der Waals surface area (Å²) in [7, 11) is 0. The molecule has 0 saturated carbocycles. The van der Waals surface area contributed by atoms with Crippen molar-refractivity contribution < 1.29 is 4.92 Å².